The topological polar surface area (TPSA) is 55.9 Å². The summed E-state index contributed by atoms with van der Waals surface area (Å²) in [6, 6.07) is 1.84. The molecule has 0 radical (unpaired) electrons. The summed E-state index contributed by atoms with van der Waals surface area (Å²) in [5.41, 5.74) is 1.14. The molecule has 0 spiro atoms. The fraction of sp³-hybridized carbons (Fsp3) is 0.333. The smallest absolute Gasteiger partial charge is 0.150 e. The summed E-state index contributed by atoms with van der Waals surface area (Å²) in [5, 5.41) is 6.86. The summed E-state index contributed by atoms with van der Waals surface area (Å²) < 4.78 is 6.93. The number of hydrogen-bond donors (Lipinski definition) is 1. The summed E-state index contributed by atoms with van der Waals surface area (Å²) in [5.74, 6) is 0.840. The predicted octanol–water partition coefficient (Wildman–Crippen LogP) is 0.698. The van der Waals surface area contributed by atoms with Gasteiger partial charge in [-0.3, -0.25) is 0 Å². The van der Waals surface area contributed by atoms with Crippen molar-refractivity contribution in [1.29, 1.82) is 0 Å². The van der Waals surface area contributed by atoms with Gasteiger partial charge in [0.1, 0.15) is 5.76 Å². The molecular formula is C9H12N4O. The number of nitrogens with zero attached hydrogens (tertiary/aromatic N) is 3. The summed E-state index contributed by atoms with van der Waals surface area (Å²) >= 11 is 0. The van der Waals surface area contributed by atoms with Crippen LogP contribution in [0.4, 0.5) is 0 Å². The van der Waals surface area contributed by atoms with Gasteiger partial charge in [-0.05, 0) is 0 Å². The van der Waals surface area contributed by atoms with Crippen molar-refractivity contribution >= 4 is 0 Å². The van der Waals surface area contributed by atoms with Gasteiger partial charge in [-0.25, -0.2) is 4.98 Å². The van der Waals surface area contributed by atoms with Crippen molar-refractivity contribution in [3.05, 3.63) is 36.2 Å². The van der Waals surface area contributed by atoms with Crippen LogP contribution in [-0.4, -0.2) is 14.7 Å². The van der Waals surface area contributed by atoms with Crippen molar-refractivity contribution in [2.45, 2.75) is 13.1 Å². The molecular weight excluding hydrogens is 180 g/mol. The van der Waals surface area contributed by atoms with Crippen LogP contribution in [0.25, 0.3) is 0 Å². The third kappa shape index (κ3) is 2.00. The number of aromatic nitrogens is 3. The normalized spacial score (nSPS) is 10.6. The second-order valence-electron chi connectivity index (χ2n) is 3.08. The Labute approximate surface area is 81.7 Å². The second-order valence-corrected chi connectivity index (χ2v) is 3.08. The highest BCUT2D eigenvalue weighted by Crippen LogP contribution is 1.98. The summed E-state index contributed by atoms with van der Waals surface area (Å²) in [6.07, 6.45) is 5.26. The minimum absolute atomic E-state index is 0.686. The molecule has 0 aliphatic heterocycles. The van der Waals surface area contributed by atoms with Crippen LogP contribution in [0.5, 0.6) is 0 Å². The molecule has 2 rings (SSSR count). The minimum Gasteiger partial charge on any atom is -0.360 e. The molecule has 5 heteroatoms. The second kappa shape index (κ2) is 4.06. The van der Waals surface area contributed by atoms with E-state index in [1.54, 1.807) is 12.5 Å². The number of nitrogens with one attached hydrogen (secondary N) is 1. The van der Waals surface area contributed by atoms with Gasteiger partial charge in [0.05, 0.1) is 24.8 Å². The van der Waals surface area contributed by atoms with Crippen LogP contribution in [0.1, 0.15) is 11.5 Å². The summed E-state index contributed by atoms with van der Waals surface area (Å²) in [4.78, 5) is 4.02. The van der Waals surface area contributed by atoms with E-state index < -0.39 is 0 Å². The maximum atomic E-state index is 4.95. The first-order valence-corrected chi connectivity index (χ1v) is 4.42. The highest BCUT2D eigenvalue weighted by molar-refractivity contribution is 4.98. The monoisotopic (exact) mass is 192 g/mol. The van der Waals surface area contributed by atoms with E-state index in [1.807, 2.05) is 23.9 Å². The first-order chi connectivity index (χ1) is 6.86. The average molecular weight is 192 g/mol. The number of aryl methyl sites for hydroxylation is 1. The fourth-order valence-corrected chi connectivity index (χ4v) is 1.20. The van der Waals surface area contributed by atoms with Crippen LogP contribution in [0.2, 0.25) is 0 Å². The summed E-state index contributed by atoms with van der Waals surface area (Å²) in [6.45, 7) is 1.46. The molecule has 0 saturated carbocycles. The molecule has 0 atom stereocenters. The van der Waals surface area contributed by atoms with Gasteiger partial charge in [0, 0.05) is 25.9 Å². The van der Waals surface area contributed by atoms with Gasteiger partial charge in [0.2, 0.25) is 0 Å². The molecule has 1 N–H and O–H groups in total. The van der Waals surface area contributed by atoms with Crippen LogP contribution in [0, 0.1) is 0 Å². The Morgan fingerprint density at radius 3 is 3.07 bits per heavy atom. The van der Waals surface area contributed by atoms with Gasteiger partial charge in [0.25, 0.3) is 0 Å². The molecule has 0 aromatic carbocycles. The number of hydrogen-bond acceptors (Lipinski definition) is 4. The zero-order valence-corrected chi connectivity index (χ0v) is 7.97. The van der Waals surface area contributed by atoms with Crippen LogP contribution in [0.3, 0.4) is 0 Å². The van der Waals surface area contributed by atoms with Crippen molar-refractivity contribution in [2.75, 3.05) is 0 Å². The van der Waals surface area contributed by atoms with E-state index in [0.29, 0.717) is 6.54 Å². The van der Waals surface area contributed by atoms with E-state index >= 15 is 0 Å². The molecule has 2 aromatic heterocycles. The van der Waals surface area contributed by atoms with Crippen LogP contribution in [0.15, 0.2) is 29.3 Å². The third-order valence-electron chi connectivity index (χ3n) is 2.01. The van der Waals surface area contributed by atoms with Crippen molar-refractivity contribution < 1.29 is 4.52 Å². The van der Waals surface area contributed by atoms with Crippen LogP contribution < -0.4 is 5.32 Å². The van der Waals surface area contributed by atoms with Crippen molar-refractivity contribution in [3.8, 4) is 0 Å². The number of rotatable bonds is 4. The third-order valence-corrected chi connectivity index (χ3v) is 2.01. The highest BCUT2D eigenvalue weighted by atomic mass is 16.5. The quantitative estimate of drug-likeness (QED) is 0.774. The standard InChI is InChI=1S/C9H12N4O/c1-13-7-11-5-8(13)4-10-6-9-2-3-12-14-9/h2-3,5,7,10H,4,6H2,1H3. The molecule has 0 unspecified atom stereocenters. The van der Waals surface area contributed by atoms with Gasteiger partial charge in [-0.2, -0.15) is 0 Å². The van der Waals surface area contributed by atoms with Gasteiger partial charge < -0.3 is 14.4 Å². The molecule has 0 fully saturated rings. The predicted molar refractivity (Wildman–Crippen MR) is 50.3 cm³/mol. The lowest BCUT2D eigenvalue weighted by atomic mass is 10.4. The number of imidazole rings is 1. The lowest BCUT2D eigenvalue weighted by Gasteiger charge is -2.02. The molecule has 14 heavy (non-hydrogen) atoms. The Balaban J connectivity index is 1.81. The fourth-order valence-electron chi connectivity index (χ4n) is 1.20. The molecule has 74 valence electrons. The van der Waals surface area contributed by atoms with Crippen LogP contribution >= 0.6 is 0 Å². The van der Waals surface area contributed by atoms with Crippen LogP contribution in [-0.2, 0) is 20.1 Å². The van der Waals surface area contributed by atoms with E-state index in [4.69, 9.17) is 4.52 Å². The van der Waals surface area contributed by atoms with Gasteiger partial charge in [-0.15, -0.1) is 0 Å². The van der Waals surface area contributed by atoms with Gasteiger partial charge >= 0.3 is 0 Å². The van der Waals surface area contributed by atoms with Gasteiger partial charge in [0.15, 0.2) is 0 Å². The van der Waals surface area contributed by atoms with E-state index in [-0.39, 0.29) is 0 Å². The zero-order valence-electron chi connectivity index (χ0n) is 7.97. The SMILES string of the molecule is Cn1cncc1CNCc1ccno1. The maximum Gasteiger partial charge on any atom is 0.150 e. The van der Waals surface area contributed by atoms with Gasteiger partial charge in [-0.1, -0.05) is 5.16 Å². The lowest BCUT2D eigenvalue weighted by Crippen LogP contribution is -2.14. The molecule has 0 saturated heterocycles. The average Bonchev–Trinajstić information content (AvgIpc) is 2.78. The Kier molecular flexibility index (Phi) is 2.60. The molecule has 0 amide bonds. The lowest BCUT2D eigenvalue weighted by molar-refractivity contribution is 0.372. The molecule has 0 aliphatic rings. The van der Waals surface area contributed by atoms with Crippen molar-refractivity contribution in [2.24, 2.45) is 7.05 Å². The molecule has 0 bridgehead atoms. The zero-order chi connectivity index (χ0) is 9.80. The first kappa shape index (κ1) is 8.96. The Morgan fingerprint density at radius 2 is 2.43 bits per heavy atom. The van der Waals surface area contributed by atoms with E-state index in [2.05, 4.69) is 15.5 Å². The minimum atomic E-state index is 0.686. The summed E-state index contributed by atoms with van der Waals surface area (Å²) in [7, 11) is 1.97. The molecule has 2 heterocycles. The van der Waals surface area contributed by atoms with E-state index in [0.717, 1.165) is 18.0 Å². The Bertz CT molecular complexity index is 379. The highest BCUT2D eigenvalue weighted by Gasteiger charge is 1.99. The maximum absolute atomic E-state index is 4.95. The molecule has 2 aromatic rings. The van der Waals surface area contributed by atoms with E-state index in [9.17, 15) is 0 Å². The largest absolute Gasteiger partial charge is 0.360 e. The Morgan fingerprint density at radius 1 is 1.50 bits per heavy atom. The first-order valence-electron chi connectivity index (χ1n) is 4.42. The Hall–Kier alpha value is -1.62. The van der Waals surface area contributed by atoms with Crippen molar-refractivity contribution in [3.63, 3.8) is 0 Å². The molecule has 5 nitrogen and oxygen atoms in total. The van der Waals surface area contributed by atoms with E-state index in [1.165, 1.54) is 0 Å². The van der Waals surface area contributed by atoms with Crippen molar-refractivity contribution in [1.82, 2.24) is 20.0 Å². The molecule has 0 aliphatic carbocycles.